The number of allylic oxidation sites excluding steroid dienone is 6. The zero-order valence-corrected chi connectivity index (χ0v) is 12.1. The summed E-state index contributed by atoms with van der Waals surface area (Å²) in [4.78, 5) is 0. The predicted octanol–water partition coefficient (Wildman–Crippen LogP) is 6.24. The lowest BCUT2D eigenvalue weighted by Crippen LogP contribution is -1.68. The van der Waals surface area contributed by atoms with Gasteiger partial charge in [-0.1, -0.05) is 36.5 Å². The van der Waals surface area contributed by atoms with Crippen molar-refractivity contribution in [3.63, 3.8) is 0 Å². The molecule has 0 atom stereocenters. The van der Waals surface area contributed by atoms with Crippen molar-refractivity contribution in [1.82, 2.24) is 0 Å². The molecule has 0 aliphatic carbocycles. The minimum Gasteiger partial charge on any atom is -0.107 e. The van der Waals surface area contributed by atoms with Crippen molar-refractivity contribution in [1.29, 1.82) is 0 Å². The van der Waals surface area contributed by atoms with Gasteiger partial charge in [-0.05, 0) is 63.2 Å². The number of hydrogen-bond acceptors (Lipinski definition) is 1. The number of rotatable bonds is 10. The van der Waals surface area contributed by atoms with Gasteiger partial charge in [0.15, 0.2) is 0 Å². The Bertz CT molecular complexity index is 220. The molecule has 0 aromatic rings. The molecule has 17 heavy (non-hydrogen) atoms. The number of thioether (sulfide) groups is 1. The van der Waals surface area contributed by atoms with Crippen LogP contribution >= 0.6 is 11.8 Å². The maximum atomic E-state index is 2.26. The first-order valence-corrected chi connectivity index (χ1v) is 7.54. The molecule has 0 aliphatic heterocycles. The van der Waals surface area contributed by atoms with E-state index in [1.165, 1.54) is 38.5 Å². The monoisotopic (exact) mass is 250 g/mol. The van der Waals surface area contributed by atoms with Crippen LogP contribution in [-0.4, -0.2) is 0 Å². The maximum absolute atomic E-state index is 2.26. The van der Waals surface area contributed by atoms with Crippen LogP contribution in [0.1, 0.15) is 52.4 Å². The van der Waals surface area contributed by atoms with Gasteiger partial charge in [0.05, 0.1) is 0 Å². The van der Waals surface area contributed by atoms with Crippen LogP contribution < -0.4 is 0 Å². The summed E-state index contributed by atoms with van der Waals surface area (Å²) in [6.45, 7) is 4.15. The van der Waals surface area contributed by atoms with E-state index in [1.54, 1.807) is 11.8 Å². The molecule has 0 fully saturated rings. The molecular formula is C16H26S. The van der Waals surface area contributed by atoms with Gasteiger partial charge in [-0.15, -0.1) is 11.8 Å². The van der Waals surface area contributed by atoms with Crippen molar-refractivity contribution in [2.45, 2.75) is 52.4 Å². The lowest BCUT2D eigenvalue weighted by atomic mass is 10.2. The summed E-state index contributed by atoms with van der Waals surface area (Å²) >= 11 is 1.78. The van der Waals surface area contributed by atoms with Crippen LogP contribution in [0.4, 0.5) is 0 Å². The van der Waals surface area contributed by atoms with Gasteiger partial charge in [-0.3, -0.25) is 0 Å². The van der Waals surface area contributed by atoms with Gasteiger partial charge in [0.2, 0.25) is 0 Å². The first-order chi connectivity index (χ1) is 8.41. The van der Waals surface area contributed by atoms with Gasteiger partial charge in [0.1, 0.15) is 0 Å². The Morgan fingerprint density at radius 2 is 1.06 bits per heavy atom. The van der Waals surface area contributed by atoms with E-state index in [2.05, 4.69) is 61.1 Å². The van der Waals surface area contributed by atoms with E-state index in [9.17, 15) is 0 Å². The highest BCUT2D eigenvalue weighted by atomic mass is 32.2. The molecule has 0 saturated carbocycles. The van der Waals surface area contributed by atoms with Crippen molar-refractivity contribution in [3.05, 3.63) is 47.3 Å². The Balaban J connectivity index is 3.25. The second kappa shape index (κ2) is 15.3. The van der Waals surface area contributed by atoms with Gasteiger partial charge in [-0.25, -0.2) is 0 Å². The molecule has 0 N–H and O–H groups in total. The van der Waals surface area contributed by atoms with Gasteiger partial charge < -0.3 is 0 Å². The molecular weight excluding hydrogens is 224 g/mol. The van der Waals surface area contributed by atoms with E-state index in [4.69, 9.17) is 0 Å². The third kappa shape index (κ3) is 15.3. The zero-order valence-electron chi connectivity index (χ0n) is 11.3. The molecule has 0 nitrogen and oxygen atoms in total. The van der Waals surface area contributed by atoms with Crippen molar-refractivity contribution >= 4 is 11.8 Å². The van der Waals surface area contributed by atoms with Crippen molar-refractivity contribution in [3.8, 4) is 0 Å². The Hall–Kier alpha value is -0.690. The molecule has 0 aromatic heterocycles. The number of hydrogen-bond donors (Lipinski definition) is 0. The topological polar surface area (TPSA) is 0 Å². The molecule has 0 radical (unpaired) electrons. The lowest BCUT2D eigenvalue weighted by molar-refractivity contribution is 0.868. The van der Waals surface area contributed by atoms with Crippen LogP contribution in [0.2, 0.25) is 0 Å². The van der Waals surface area contributed by atoms with Crippen molar-refractivity contribution in [2.75, 3.05) is 0 Å². The molecule has 0 amide bonds. The van der Waals surface area contributed by atoms with E-state index in [-0.39, 0.29) is 0 Å². The molecule has 96 valence electrons. The Morgan fingerprint density at radius 3 is 1.47 bits per heavy atom. The summed E-state index contributed by atoms with van der Waals surface area (Å²) in [5.41, 5.74) is 0. The summed E-state index contributed by atoms with van der Waals surface area (Å²) in [5.74, 6) is 0. The van der Waals surface area contributed by atoms with Crippen LogP contribution in [0.3, 0.4) is 0 Å². The average molecular weight is 250 g/mol. The maximum Gasteiger partial charge on any atom is -0.0288 e. The second-order valence-corrected chi connectivity index (χ2v) is 4.70. The molecule has 0 heterocycles. The molecule has 0 aliphatic rings. The summed E-state index contributed by atoms with van der Waals surface area (Å²) in [6, 6.07) is 0. The van der Waals surface area contributed by atoms with Gasteiger partial charge >= 0.3 is 0 Å². The van der Waals surface area contributed by atoms with Gasteiger partial charge in [0, 0.05) is 0 Å². The van der Waals surface area contributed by atoms with Crippen LogP contribution in [0, 0.1) is 0 Å². The predicted molar refractivity (Wildman–Crippen MR) is 83.2 cm³/mol. The van der Waals surface area contributed by atoms with Crippen LogP contribution in [0.15, 0.2) is 47.3 Å². The molecule has 0 bridgehead atoms. The fraction of sp³-hybridized carbons (Fsp3) is 0.500. The number of unbranched alkanes of at least 4 members (excludes halogenated alkanes) is 4. The molecule has 1 heteroatoms. The first-order valence-electron chi connectivity index (χ1n) is 6.59. The summed E-state index contributed by atoms with van der Waals surface area (Å²) in [5, 5.41) is 4.39. The largest absolute Gasteiger partial charge is 0.107 e. The molecule has 0 spiro atoms. The zero-order chi connectivity index (χ0) is 12.6. The Labute approximate surface area is 112 Å². The third-order valence-corrected chi connectivity index (χ3v) is 3.00. The van der Waals surface area contributed by atoms with Crippen LogP contribution in [-0.2, 0) is 0 Å². The average Bonchev–Trinajstić information content (AvgIpc) is 2.35. The molecule has 0 saturated heterocycles. The van der Waals surface area contributed by atoms with E-state index < -0.39 is 0 Å². The van der Waals surface area contributed by atoms with Gasteiger partial charge in [-0.2, -0.15) is 0 Å². The van der Waals surface area contributed by atoms with Crippen molar-refractivity contribution < 1.29 is 0 Å². The minimum atomic E-state index is 1.19. The van der Waals surface area contributed by atoms with E-state index in [0.717, 1.165) is 0 Å². The normalized spacial score (nSPS) is 12.8. The highest BCUT2D eigenvalue weighted by Crippen LogP contribution is 2.08. The standard InChI is InChI=1S/C16H26S/c1-3-5-7-9-11-13-15-17-16-14-12-10-8-6-4-2/h3-6,13-16H,7-12H2,1-2H3. The second-order valence-electron chi connectivity index (χ2n) is 3.88. The summed E-state index contributed by atoms with van der Waals surface area (Å²) in [7, 11) is 0. The van der Waals surface area contributed by atoms with E-state index in [1.807, 2.05) is 0 Å². The Kier molecular flexibility index (Phi) is 14.7. The minimum absolute atomic E-state index is 1.19. The van der Waals surface area contributed by atoms with E-state index >= 15 is 0 Å². The fourth-order valence-electron chi connectivity index (χ4n) is 1.33. The quantitative estimate of drug-likeness (QED) is 0.326. The molecule has 0 aromatic carbocycles. The summed E-state index contributed by atoms with van der Waals surface area (Å²) in [6.07, 6.45) is 20.5. The smallest absolute Gasteiger partial charge is 0.0288 e. The third-order valence-electron chi connectivity index (χ3n) is 2.30. The highest BCUT2D eigenvalue weighted by molar-refractivity contribution is 8.04. The lowest BCUT2D eigenvalue weighted by Gasteiger charge is -1.90. The van der Waals surface area contributed by atoms with Gasteiger partial charge in [0.25, 0.3) is 0 Å². The SMILES string of the molecule is CC=CCCCC=CSC=CCCCC=CC. The van der Waals surface area contributed by atoms with Crippen LogP contribution in [0.25, 0.3) is 0 Å². The van der Waals surface area contributed by atoms with Crippen molar-refractivity contribution in [2.24, 2.45) is 0 Å². The van der Waals surface area contributed by atoms with E-state index in [0.29, 0.717) is 0 Å². The Morgan fingerprint density at radius 1 is 0.647 bits per heavy atom. The fourth-order valence-corrected chi connectivity index (χ4v) is 1.92. The summed E-state index contributed by atoms with van der Waals surface area (Å²) < 4.78 is 0. The highest BCUT2D eigenvalue weighted by Gasteiger charge is 1.81. The molecule has 0 rings (SSSR count). The molecule has 0 unspecified atom stereocenters. The van der Waals surface area contributed by atoms with Crippen LogP contribution in [0.5, 0.6) is 0 Å². The first kappa shape index (κ1) is 16.3.